The summed E-state index contributed by atoms with van der Waals surface area (Å²) in [7, 11) is 0. The van der Waals surface area contributed by atoms with Gasteiger partial charge in [0.1, 0.15) is 0 Å². The minimum Gasteiger partial charge on any atom is -0.491 e. The maximum Gasteiger partial charge on any atom is 0.150 e. The molecule has 0 radical (unpaired) electrons. The van der Waals surface area contributed by atoms with Gasteiger partial charge < -0.3 is 57.8 Å². The van der Waals surface area contributed by atoms with E-state index in [-0.39, 0.29) is 0 Å². The van der Waals surface area contributed by atoms with E-state index in [0.717, 1.165) is 408 Å². The van der Waals surface area contributed by atoms with E-state index in [1.807, 2.05) is 0 Å². The standard InChI is InChI=1S/C120H174N6O6/c1-19-37-67-121(68-38-20-2)109-85-97-55-57-99-87-110(122(69-39-21-3)70-40-22-4)89-101(116(99)128-80-50-32-14)59-61-103-91-112(124(73-43-25-7)74-44-26-8)93-105(118(103)130-82-52-34-16)63-65-107-95-114(126(77-47-29-11)78-48-30-12)96-108(120(107)132-84-54-36-18)66-64-106-94-113(125(75-45-27-9)76-46-28-10)92-104(119(106)131-83-53-35-17)62-60-102-90-111(123(71-41-23-5)72-42-24-6)88-100(117(102)129-81-51-33-15)58-56-98(86-109)115(97)127-79-49-31-13/h85-96H,19-54,67-84H2,1-18H3. The van der Waals surface area contributed by atoms with Crippen molar-refractivity contribution in [2.24, 2.45) is 0 Å². The molecule has 0 amide bonds. The molecule has 0 N–H and O–H groups in total. The molecule has 0 saturated carbocycles. The highest BCUT2D eigenvalue weighted by molar-refractivity contribution is 5.92. The number of unbranched alkanes of at least 4 members (excludes halogenated alkanes) is 18. The molecule has 12 nitrogen and oxygen atoms in total. The molecule has 0 saturated heterocycles. The molecule has 7 rings (SSSR count). The summed E-state index contributed by atoms with van der Waals surface area (Å²) in [6, 6.07) is 74.7. The first kappa shape index (κ1) is 109. The van der Waals surface area contributed by atoms with E-state index in [9.17, 15) is 0 Å². The Bertz CT molecular complexity index is 3750. The Morgan fingerprint density at radius 2 is 0.235 bits per heavy atom. The first-order valence-corrected chi connectivity index (χ1v) is 53.2. The summed E-state index contributed by atoms with van der Waals surface area (Å²) in [5.41, 5.74) is 6.43. The van der Waals surface area contributed by atoms with E-state index in [4.69, 9.17) is 28.4 Å². The fraction of sp³-hybridized carbons (Fsp3) is 0.600. The SMILES string of the molecule is CCCCOc1c2c#cc3cc(N(CCCC)CCCC)cc(c#cc4cc(N(CCCC)CCCC)cc(c#cc5cc(N(CCCC)CCCC)cc(c#cc6cc(N(CCCC)CCCC)cc(c#cc7cc(N(CCCC)CCCC)cc(c#cc1cc(N(CCCC)CCCC)c2)c7OCCCC)c6OCCCC)c5OCCCC)c4OCCCC)c3OCCCC. The number of ether oxygens (including phenoxy) is 6. The van der Waals surface area contributed by atoms with Crippen molar-refractivity contribution < 1.29 is 28.4 Å². The van der Waals surface area contributed by atoms with Crippen LogP contribution in [-0.2, 0) is 0 Å². The van der Waals surface area contributed by atoms with Crippen LogP contribution in [0.15, 0.2) is 72.8 Å². The van der Waals surface area contributed by atoms with Crippen LogP contribution in [0.5, 0.6) is 34.5 Å². The van der Waals surface area contributed by atoms with E-state index in [1.54, 1.807) is 0 Å². The van der Waals surface area contributed by atoms with Gasteiger partial charge >= 0.3 is 0 Å². The molecule has 132 heavy (non-hydrogen) atoms. The summed E-state index contributed by atoms with van der Waals surface area (Å²) >= 11 is 0. The Morgan fingerprint density at radius 3 is 0.318 bits per heavy atom. The van der Waals surface area contributed by atoms with Gasteiger partial charge in [-0.25, -0.2) is 0 Å². The summed E-state index contributed by atoms with van der Waals surface area (Å²) < 4.78 is 43.8. The van der Waals surface area contributed by atoms with Gasteiger partial charge in [-0.15, -0.1) is 0 Å². The van der Waals surface area contributed by atoms with Gasteiger partial charge in [-0.05, 0) is 188 Å². The van der Waals surface area contributed by atoms with Gasteiger partial charge in [0.25, 0.3) is 0 Å². The smallest absolute Gasteiger partial charge is 0.150 e. The number of nitrogens with zero attached hydrogens (tertiary/aromatic N) is 6. The number of benzene rings is 6. The van der Waals surface area contributed by atoms with Crippen molar-refractivity contribution in [2.45, 2.75) is 356 Å². The molecule has 0 aliphatic carbocycles. The van der Waals surface area contributed by atoms with Crippen molar-refractivity contribution in [3.63, 3.8) is 0 Å². The predicted octanol–water partition coefficient (Wildman–Crippen LogP) is 32.8. The van der Waals surface area contributed by atoms with Crippen LogP contribution in [0.1, 0.15) is 356 Å². The Kier molecular flexibility index (Phi) is 53.8. The highest BCUT2D eigenvalue weighted by Crippen LogP contribution is 2.40. The zero-order valence-corrected chi connectivity index (χ0v) is 86.2. The summed E-state index contributed by atoms with van der Waals surface area (Å²) in [4.78, 5) is 15.4. The third-order valence-corrected chi connectivity index (χ3v) is 24.5. The van der Waals surface area contributed by atoms with Gasteiger partial charge in [0.15, 0.2) is 34.5 Å². The van der Waals surface area contributed by atoms with Crippen molar-refractivity contribution in [1.82, 2.24) is 0 Å². The molecule has 0 unspecified atom stereocenters. The average Bonchev–Trinajstić information content (AvgIpc) is 0.794. The Labute approximate surface area is 805 Å². The van der Waals surface area contributed by atoms with Crippen molar-refractivity contribution in [3.8, 4) is 34.5 Å². The van der Waals surface area contributed by atoms with Crippen LogP contribution in [0.3, 0.4) is 0 Å². The van der Waals surface area contributed by atoms with Gasteiger partial charge in [-0.1, -0.05) is 313 Å². The molecule has 0 spiro atoms. The fourth-order valence-corrected chi connectivity index (χ4v) is 16.0. The zero-order chi connectivity index (χ0) is 94.7. The Morgan fingerprint density at radius 1 is 0.144 bits per heavy atom. The second kappa shape index (κ2) is 65.0. The second-order valence-electron chi connectivity index (χ2n) is 36.1. The summed E-state index contributed by atoms with van der Waals surface area (Å²) in [6.45, 7) is 54.5. The number of hydrogen-bond donors (Lipinski definition) is 0. The molecule has 0 aliphatic rings. The van der Waals surface area contributed by atoms with E-state index in [0.29, 0.717) is 74.1 Å². The van der Waals surface area contributed by atoms with E-state index in [2.05, 4.69) is 300 Å². The van der Waals surface area contributed by atoms with E-state index < -0.39 is 0 Å². The zero-order valence-electron chi connectivity index (χ0n) is 86.2. The van der Waals surface area contributed by atoms with Crippen LogP contribution in [0, 0.1) is 72.8 Å². The quantitative estimate of drug-likeness (QED) is 0.0341. The second-order valence-corrected chi connectivity index (χ2v) is 36.1. The third kappa shape index (κ3) is 35.9. The minimum atomic E-state index is 0.490. The monoisotopic (exact) mass is 1800 g/mol. The third-order valence-electron chi connectivity index (χ3n) is 24.5. The number of hydrogen-bond acceptors (Lipinski definition) is 12. The minimum absolute atomic E-state index is 0.490. The van der Waals surface area contributed by atoms with Crippen molar-refractivity contribution in [1.29, 1.82) is 0 Å². The van der Waals surface area contributed by atoms with Crippen LogP contribution < -0.4 is 57.8 Å². The molecule has 0 aliphatic heterocycles. The molecule has 0 fully saturated rings. The highest BCUT2D eigenvalue weighted by Gasteiger charge is 2.21. The molecular weight excluding hydrogens is 1620 g/mol. The molecule has 12 heteroatoms. The van der Waals surface area contributed by atoms with Gasteiger partial charge in [0.2, 0.25) is 0 Å². The number of fused-ring (bicyclic) bond motifs is 12. The largest absolute Gasteiger partial charge is 0.491 e. The lowest BCUT2D eigenvalue weighted by atomic mass is 10.1. The normalized spacial score (nSPS) is 10.9. The fourth-order valence-electron chi connectivity index (χ4n) is 16.0. The number of rotatable bonds is 66. The lowest BCUT2D eigenvalue weighted by Gasteiger charge is -2.25. The molecule has 720 valence electrons. The summed E-state index contributed by atoms with van der Waals surface area (Å²) in [6.07, 6.45) is 36.0. The molecule has 12 bridgehead atoms. The molecule has 7 aromatic carbocycles. The van der Waals surface area contributed by atoms with Crippen molar-refractivity contribution in [2.75, 3.05) is 148 Å². The summed E-state index contributed by atoms with van der Waals surface area (Å²) in [5, 5.41) is 9.29. The van der Waals surface area contributed by atoms with Gasteiger partial charge in [-0.3, -0.25) is 0 Å². The molecule has 0 heterocycles. The molecule has 0 aromatic heterocycles. The van der Waals surface area contributed by atoms with Gasteiger partial charge in [0, 0.05) is 113 Å². The van der Waals surface area contributed by atoms with E-state index in [1.165, 1.54) is 0 Å². The summed E-state index contributed by atoms with van der Waals surface area (Å²) in [5.74, 6) is 4.02. The van der Waals surface area contributed by atoms with Gasteiger partial charge in [0.05, 0.1) is 104 Å². The first-order valence-electron chi connectivity index (χ1n) is 53.2. The first-order chi connectivity index (χ1) is 64.8. The van der Waals surface area contributed by atoms with Crippen LogP contribution in [-0.4, -0.2) is 118 Å². The van der Waals surface area contributed by atoms with Gasteiger partial charge in [-0.2, -0.15) is 0 Å². The average molecular weight is 1800 g/mol. The van der Waals surface area contributed by atoms with Crippen LogP contribution in [0.25, 0.3) is 64.6 Å². The Hall–Kier alpha value is -9.72. The van der Waals surface area contributed by atoms with Crippen LogP contribution >= 0.6 is 0 Å². The molecule has 0 atom stereocenters. The molecule has 7 aromatic rings. The van der Waals surface area contributed by atoms with Crippen molar-refractivity contribution in [3.05, 3.63) is 146 Å². The van der Waals surface area contributed by atoms with Crippen LogP contribution in [0.2, 0.25) is 0 Å². The highest BCUT2D eigenvalue weighted by atomic mass is 16.5. The maximum atomic E-state index is 7.29. The topological polar surface area (TPSA) is 74.8 Å². The molecular formula is C120H174N6O6. The van der Waals surface area contributed by atoms with Crippen LogP contribution in [0.4, 0.5) is 34.1 Å². The number of anilines is 6. The lowest BCUT2D eigenvalue weighted by molar-refractivity contribution is 0.315. The van der Waals surface area contributed by atoms with Crippen molar-refractivity contribution >= 4 is 98.8 Å². The Balaban J connectivity index is 2.03. The predicted molar refractivity (Wildman–Crippen MR) is 571 cm³/mol. The maximum absolute atomic E-state index is 7.29. The lowest BCUT2D eigenvalue weighted by Crippen LogP contribution is -2.25. The van der Waals surface area contributed by atoms with E-state index >= 15 is 0 Å².